The lowest BCUT2D eigenvalue weighted by molar-refractivity contribution is 0.176. The molecule has 23 heavy (non-hydrogen) atoms. The molecule has 1 aromatic carbocycles. The van der Waals surface area contributed by atoms with Crippen LogP contribution in [0.5, 0.6) is 0 Å². The minimum atomic E-state index is -0.712. The normalized spacial score (nSPS) is 12.3. The molecule has 0 spiro atoms. The number of urea groups is 1. The molecule has 2 heterocycles. The van der Waals surface area contributed by atoms with Gasteiger partial charge in [-0.15, -0.1) is 11.3 Å². The number of amides is 2. The first-order chi connectivity index (χ1) is 11.1. The number of carbonyl (C=O) groups excluding carboxylic acids is 1. The number of fused-ring (bicyclic) bond motifs is 1. The van der Waals surface area contributed by atoms with E-state index in [2.05, 4.69) is 15.7 Å². The van der Waals surface area contributed by atoms with Crippen molar-refractivity contribution >= 4 is 27.5 Å². The molecule has 0 aliphatic carbocycles. The predicted octanol–water partition coefficient (Wildman–Crippen LogP) is 2.17. The Morgan fingerprint density at radius 2 is 2.22 bits per heavy atom. The monoisotopic (exact) mass is 330 g/mol. The number of aliphatic hydroxyl groups excluding tert-OH is 1. The molecule has 0 aliphatic rings. The van der Waals surface area contributed by atoms with Crippen molar-refractivity contribution < 1.29 is 9.90 Å². The van der Waals surface area contributed by atoms with Gasteiger partial charge in [-0.05, 0) is 17.5 Å². The molecule has 2 amide bonds. The fourth-order valence-electron chi connectivity index (χ4n) is 2.26. The standard InChI is InChI=1S/C16H18N4O2S/c1-20-10-11(8-19-20)7-17-16(22)18-9-13(21)15-6-12-4-2-3-5-14(12)23-15/h2-6,8,10,13,21H,7,9H2,1H3,(H2,17,18,22). The quantitative estimate of drug-likeness (QED) is 0.671. The summed E-state index contributed by atoms with van der Waals surface area (Å²) >= 11 is 1.54. The van der Waals surface area contributed by atoms with Gasteiger partial charge in [0.2, 0.25) is 0 Å². The highest BCUT2D eigenvalue weighted by Crippen LogP contribution is 2.29. The van der Waals surface area contributed by atoms with Crippen molar-refractivity contribution in [1.82, 2.24) is 20.4 Å². The number of aliphatic hydroxyl groups is 1. The topological polar surface area (TPSA) is 79.2 Å². The van der Waals surface area contributed by atoms with Crippen LogP contribution in [0, 0.1) is 0 Å². The number of benzene rings is 1. The second-order valence-electron chi connectivity index (χ2n) is 5.29. The van der Waals surface area contributed by atoms with Gasteiger partial charge in [-0.1, -0.05) is 18.2 Å². The number of nitrogens with zero attached hydrogens (tertiary/aromatic N) is 2. The third-order valence-corrected chi connectivity index (χ3v) is 4.66. The summed E-state index contributed by atoms with van der Waals surface area (Å²) in [6.07, 6.45) is 2.83. The zero-order valence-corrected chi connectivity index (χ0v) is 13.5. The molecule has 0 saturated heterocycles. The minimum Gasteiger partial charge on any atom is -0.386 e. The zero-order valence-electron chi connectivity index (χ0n) is 12.7. The molecule has 0 aliphatic heterocycles. The van der Waals surface area contributed by atoms with Crippen LogP contribution in [0.3, 0.4) is 0 Å². The first kappa shape index (κ1) is 15.5. The first-order valence-electron chi connectivity index (χ1n) is 7.27. The lowest BCUT2D eigenvalue weighted by Gasteiger charge is -2.10. The summed E-state index contributed by atoms with van der Waals surface area (Å²) in [5.74, 6) is 0. The maximum absolute atomic E-state index is 11.8. The zero-order chi connectivity index (χ0) is 16.2. The van der Waals surface area contributed by atoms with E-state index in [1.165, 1.54) is 11.3 Å². The number of hydrogen-bond acceptors (Lipinski definition) is 4. The number of carbonyl (C=O) groups is 1. The third-order valence-electron chi connectivity index (χ3n) is 3.44. The van der Waals surface area contributed by atoms with Gasteiger partial charge in [-0.3, -0.25) is 4.68 Å². The Kier molecular flexibility index (Phi) is 4.59. The number of aromatic nitrogens is 2. The smallest absolute Gasteiger partial charge is 0.315 e. The van der Waals surface area contributed by atoms with E-state index < -0.39 is 6.10 Å². The molecule has 2 aromatic heterocycles. The average Bonchev–Trinajstić information content (AvgIpc) is 3.16. The summed E-state index contributed by atoms with van der Waals surface area (Å²) in [6, 6.07) is 9.61. The maximum atomic E-state index is 11.8. The molecule has 0 saturated carbocycles. The fourth-order valence-corrected chi connectivity index (χ4v) is 3.32. The van der Waals surface area contributed by atoms with E-state index in [0.717, 1.165) is 20.5 Å². The van der Waals surface area contributed by atoms with E-state index in [9.17, 15) is 9.90 Å². The Morgan fingerprint density at radius 3 is 2.96 bits per heavy atom. The van der Waals surface area contributed by atoms with Gasteiger partial charge in [-0.25, -0.2) is 4.79 Å². The van der Waals surface area contributed by atoms with Gasteiger partial charge >= 0.3 is 6.03 Å². The van der Waals surface area contributed by atoms with Crippen LogP contribution < -0.4 is 10.6 Å². The third kappa shape index (κ3) is 3.88. The van der Waals surface area contributed by atoms with Crippen molar-refractivity contribution in [1.29, 1.82) is 0 Å². The van der Waals surface area contributed by atoms with Crippen LogP contribution in [0.4, 0.5) is 4.79 Å². The number of thiophene rings is 1. The summed E-state index contributed by atoms with van der Waals surface area (Å²) in [4.78, 5) is 12.6. The Morgan fingerprint density at radius 1 is 1.39 bits per heavy atom. The molecular weight excluding hydrogens is 312 g/mol. The maximum Gasteiger partial charge on any atom is 0.315 e. The van der Waals surface area contributed by atoms with Gasteiger partial charge in [0.05, 0.1) is 12.7 Å². The van der Waals surface area contributed by atoms with Crippen molar-refractivity contribution in [3.63, 3.8) is 0 Å². The Balaban J connectivity index is 1.49. The molecule has 0 radical (unpaired) electrons. The Labute approximate surface area is 137 Å². The molecule has 1 unspecified atom stereocenters. The largest absolute Gasteiger partial charge is 0.386 e. The van der Waals surface area contributed by atoms with Crippen LogP contribution in [0.25, 0.3) is 10.1 Å². The van der Waals surface area contributed by atoms with Crippen molar-refractivity contribution in [2.24, 2.45) is 7.05 Å². The summed E-state index contributed by atoms with van der Waals surface area (Å²) in [7, 11) is 1.82. The Bertz CT molecular complexity index is 778. The fraction of sp³-hybridized carbons (Fsp3) is 0.250. The van der Waals surface area contributed by atoms with Crippen LogP contribution in [-0.2, 0) is 13.6 Å². The number of aryl methyl sites for hydroxylation is 1. The van der Waals surface area contributed by atoms with E-state index in [1.54, 1.807) is 10.9 Å². The highest BCUT2D eigenvalue weighted by molar-refractivity contribution is 7.19. The van der Waals surface area contributed by atoms with Gasteiger partial charge in [0.15, 0.2) is 0 Å². The van der Waals surface area contributed by atoms with Crippen LogP contribution in [0.1, 0.15) is 16.5 Å². The molecule has 0 fully saturated rings. The molecular formula is C16H18N4O2S. The van der Waals surface area contributed by atoms with Gasteiger partial charge in [-0.2, -0.15) is 5.10 Å². The lowest BCUT2D eigenvalue weighted by Crippen LogP contribution is -2.37. The second-order valence-corrected chi connectivity index (χ2v) is 6.40. The molecule has 120 valence electrons. The Hall–Kier alpha value is -2.38. The van der Waals surface area contributed by atoms with Crippen molar-refractivity contribution in [3.8, 4) is 0 Å². The molecule has 1 atom stereocenters. The van der Waals surface area contributed by atoms with Crippen LogP contribution in [0.2, 0.25) is 0 Å². The summed E-state index contributed by atoms with van der Waals surface area (Å²) < 4.78 is 2.81. The van der Waals surface area contributed by atoms with Gasteiger partial charge in [0.25, 0.3) is 0 Å². The minimum absolute atomic E-state index is 0.172. The van der Waals surface area contributed by atoms with Gasteiger partial charge in [0.1, 0.15) is 6.10 Å². The van der Waals surface area contributed by atoms with E-state index in [4.69, 9.17) is 0 Å². The summed E-state index contributed by atoms with van der Waals surface area (Å²) in [5, 5.41) is 20.8. The molecule has 7 heteroatoms. The number of nitrogens with one attached hydrogen (secondary N) is 2. The van der Waals surface area contributed by atoms with Crippen molar-refractivity contribution in [3.05, 3.63) is 53.2 Å². The molecule has 6 nitrogen and oxygen atoms in total. The molecule has 3 N–H and O–H groups in total. The van der Waals surface area contributed by atoms with Gasteiger partial charge in [0, 0.05) is 34.9 Å². The number of rotatable bonds is 5. The van der Waals surface area contributed by atoms with Crippen molar-refractivity contribution in [2.45, 2.75) is 12.6 Å². The number of hydrogen-bond donors (Lipinski definition) is 3. The summed E-state index contributed by atoms with van der Waals surface area (Å²) in [5.41, 5.74) is 0.924. The van der Waals surface area contributed by atoms with Crippen molar-refractivity contribution in [2.75, 3.05) is 6.54 Å². The SMILES string of the molecule is Cn1cc(CNC(=O)NCC(O)c2cc3ccccc3s2)cn1. The second kappa shape index (κ2) is 6.80. The van der Waals surface area contributed by atoms with Crippen LogP contribution in [0.15, 0.2) is 42.7 Å². The van der Waals surface area contributed by atoms with Crippen LogP contribution >= 0.6 is 11.3 Å². The van der Waals surface area contributed by atoms with E-state index >= 15 is 0 Å². The molecule has 3 rings (SSSR count). The predicted molar refractivity (Wildman–Crippen MR) is 90.2 cm³/mol. The average molecular weight is 330 g/mol. The highest BCUT2D eigenvalue weighted by atomic mass is 32.1. The highest BCUT2D eigenvalue weighted by Gasteiger charge is 2.12. The lowest BCUT2D eigenvalue weighted by atomic mass is 10.2. The molecule has 3 aromatic rings. The first-order valence-corrected chi connectivity index (χ1v) is 8.09. The van der Waals surface area contributed by atoms with Gasteiger partial charge < -0.3 is 15.7 Å². The molecule has 0 bridgehead atoms. The van der Waals surface area contributed by atoms with E-state index in [0.29, 0.717) is 6.54 Å². The van der Waals surface area contributed by atoms with Crippen LogP contribution in [-0.4, -0.2) is 27.5 Å². The van der Waals surface area contributed by atoms with E-state index in [1.807, 2.05) is 43.6 Å². The van der Waals surface area contributed by atoms with E-state index in [-0.39, 0.29) is 12.6 Å². The summed E-state index contributed by atoms with van der Waals surface area (Å²) in [6.45, 7) is 0.574.